The third-order valence-corrected chi connectivity index (χ3v) is 5.07. The van der Waals surface area contributed by atoms with Crippen LogP contribution in [0.25, 0.3) is 0 Å². The normalized spacial score (nSPS) is 19.3. The van der Waals surface area contributed by atoms with E-state index in [2.05, 4.69) is 15.3 Å². The Balaban J connectivity index is 1.79. The number of aryl methyl sites for hydroxylation is 1. The monoisotopic (exact) mass is 403 g/mol. The number of hydrogen-bond acceptors (Lipinski definition) is 5. The highest BCUT2D eigenvalue weighted by atomic mass is 19.3. The minimum atomic E-state index is -2.66. The van der Waals surface area contributed by atoms with Crippen molar-refractivity contribution in [1.29, 1.82) is 0 Å². The van der Waals surface area contributed by atoms with Gasteiger partial charge < -0.3 is 16.0 Å². The Labute approximate surface area is 167 Å². The summed E-state index contributed by atoms with van der Waals surface area (Å²) in [5.41, 5.74) is 7.04. The average Bonchev–Trinajstić information content (AvgIpc) is 2.70. The smallest absolute Gasteiger partial charge is 0.313 e. The molecule has 7 nitrogen and oxygen atoms in total. The van der Waals surface area contributed by atoms with Crippen molar-refractivity contribution in [2.24, 2.45) is 5.92 Å². The number of carbonyl (C=O) groups excluding carboxylic acids is 2. The van der Waals surface area contributed by atoms with E-state index in [0.29, 0.717) is 35.6 Å². The molecule has 154 valence electrons. The summed E-state index contributed by atoms with van der Waals surface area (Å²) in [4.78, 5) is 34.7. The van der Waals surface area contributed by atoms with Crippen molar-refractivity contribution in [1.82, 2.24) is 14.9 Å². The summed E-state index contributed by atoms with van der Waals surface area (Å²) < 4.78 is 25.5. The van der Waals surface area contributed by atoms with Crippen LogP contribution in [0, 0.1) is 12.8 Å². The summed E-state index contributed by atoms with van der Waals surface area (Å²) in [5, 5.41) is 2.55. The van der Waals surface area contributed by atoms with E-state index in [-0.39, 0.29) is 11.6 Å². The summed E-state index contributed by atoms with van der Waals surface area (Å²) in [7, 11) is 0. The van der Waals surface area contributed by atoms with Crippen molar-refractivity contribution < 1.29 is 18.4 Å². The van der Waals surface area contributed by atoms with Gasteiger partial charge in [-0.05, 0) is 48.9 Å². The van der Waals surface area contributed by atoms with Crippen LogP contribution in [-0.4, -0.2) is 33.2 Å². The molecule has 2 aromatic heterocycles. The number of nitrogen functional groups attached to an aromatic ring is 1. The van der Waals surface area contributed by atoms with Gasteiger partial charge in [0.2, 0.25) is 0 Å². The number of halogens is 2. The molecule has 1 fully saturated rings. The highest BCUT2D eigenvalue weighted by Crippen LogP contribution is 2.33. The van der Waals surface area contributed by atoms with Crippen LogP contribution >= 0.6 is 0 Å². The lowest BCUT2D eigenvalue weighted by atomic mass is 9.90. The minimum Gasteiger partial charge on any atom is -0.383 e. The summed E-state index contributed by atoms with van der Waals surface area (Å²) in [6, 6.07) is 4.04. The highest BCUT2D eigenvalue weighted by molar-refractivity contribution is 6.39. The van der Waals surface area contributed by atoms with E-state index in [1.54, 1.807) is 19.1 Å². The van der Waals surface area contributed by atoms with Crippen LogP contribution in [-0.2, 0) is 9.59 Å². The molecule has 0 unspecified atom stereocenters. The predicted octanol–water partition coefficient (Wildman–Crippen LogP) is 3.24. The molecule has 29 heavy (non-hydrogen) atoms. The maximum absolute atomic E-state index is 12.9. The van der Waals surface area contributed by atoms with Gasteiger partial charge in [0.05, 0.1) is 17.9 Å². The molecule has 1 saturated heterocycles. The number of piperidine rings is 1. The molecule has 3 heterocycles. The van der Waals surface area contributed by atoms with Gasteiger partial charge in [-0.1, -0.05) is 13.0 Å². The van der Waals surface area contributed by atoms with Crippen molar-refractivity contribution in [2.75, 3.05) is 17.6 Å². The number of nitrogens with two attached hydrogens (primary N) is 1. The van der Waals surface area contributed by atoms with E-state index in [1.165, 1.54) is 23.4 Å². The van der Waals surface area contributed by atoms with Crippen molar-refractivity contribution >= 4 is 23.3 Å². The van der Waals surface area contributed by atoms with Gasteiger partial charge in [0.1, 0.15) is 11.5 Å². The van der Waals surface area contributed by atoms with Crippen LogP contribution in [0.2, 0.25) is 0 Å². The van der Waals surface area contributed by atoms with Gasteiger partial charge in [0.15, 0.2) is 0 Å². The second-order valence-corrected chi connectivity index (χ2v) is 7.35. The summed E-state index contributed by atoms with van der Waals surface area (Å²) in [5.74, 6) is -0.906. The minimum absolute atomic E-state index is 0.219. The second kappa shape index (κ2) is 8.50. The number of alkyl halides is 2. The maximum atomic E-state index is 12.9. The van der Waals surface area contributed by atoms with Gasteiger partial charge in [0, 0.05) is 12.7 Å². The molecule has 0 aromatic carbocycles. The Morgan fingerprint density at radius 3 is 2.62 bits per heavy atom. The molecule has 3 N–H and O–H groups in total. The van der Waals surface area contributed by atoms with E-state index in [1.807, 2.05) is 6.92 Å². The predicted molar refractivity (Wildman–Crippen MR) is 104 cm³/mol. The molecule has 2 aromatic rings. The molecule has 0 radical (unpaired) electrons. The van der Waals surface area contributed by atoms with Gasteiger partial charge in [-0.15, -0.1) is 0 Å². The number of pyridine rings is 2. The first-order valence-electron chi connectivity index (χ1n) is 9.34. The fourth-order valence-corrected chi connectivity index (χ4v) is 3.44. The standard InChI is InChI=1S/C20H23F2N5O2/c1-11-3-6-16(13-4-5-15(17(21)22)24-8-13)27(10-11)20(29)19(28)26-14-7-12(2)18(23)25-9-14/h4-5,7-9,11,16-17H,3,6,10H2,1-2H3,(H2,23,25)(H,26,28)/t11-,16+/m1/s1. The number of carbonyl (C=O) groups is 2. The maximum Gasteiger partial charge on any atom is 0.313 e. The molecule has 3 rings (SSSR count). The number of nitrogens with zero attached hydrogens (tertiary/aromatic N) is 3. The zero-order valence-electron chi connectivity index (χ0n) is 16.2. The molecule has 2 atom stereocenters. The molecule has 0 bridgehead atoms. The lowest BCUT2D eigenvalue weighted by molar-refractivity contribution is -0.146. The molecule has 1 aliphatic rings. The molecule has 2 amide bonds. The third-order valence-electron chi connectivity index (χ3n) is 5.07. The first kappa shape index (κ1) is 20.6. The van der Waals surface area contributed by atoms with Crippen LogP contribution < -0.4 is 11.1 Å². The van der Waals surface area contributed by atoms with E-state index < -0.39 is 24.3 Å². The molecule has 0 saturated carbocycles. The molecular formula is C20H23F2N5O2. The highest BCUT2D eigenvalue weighted by Gasteiger charge is 2.34. The van der Waals surface area contributed by atoms with Gasteiger partial charge in [-0.3, -0.25) is 14.6 Å². The Morgan fingerprint density at radius 1 is 1.24 bits per heavy atom. The van der Waals surface area contributed by atoms with E-state index in [9.17, 15) is 18.4 Å². The second-order valence-electron chi connectivity index (χ2n) is 7.35. The van der Waals surface area contributed by atoms with Crippen molar-refractivity contribution in [3.05, 3.63) is 47.4 Å². The van der Waals surface area contributed by atoms with Crippen LogP contribution in [0.1, 0.15) is 49.1 Å². The van der Waals surface area contributed by atoms with E-state index in [4.69, 9.17) is 5.73 Å². The van der Waals surface area contributed by atoms with E-state index >= 15 is 0 Å². The fraction of sp³-hybridized carbons (Fsp3) is 0.400. The molecule has 0 spiro atoms. The van der Waals surface area contributed by atoms with Gasteiger partial charge in [-0.25, -0.2) is 13.8 Å². The third kappa shape index (κ3) is 4.67. The molecular weight excluding hydrogens is 380 g/mol. The molecule has 9 heteroatoms. The Bertz CT molecular complexity index is 904. The van der Waals surface area contributed by atoms with Crippen molar-refractivity contribution in [3.63, 3.8) is 0 Å². The van der Waals surface area contributed by atoms with Crippen LogP contribution in [0.5, 0.6) is 0 Å². The van der Waals surface area contributed by atoms with Crippen LogP contribution in [0.15, 0.2) is 30.6 Å². The lowest BCUT2D eigenvalue weighted by Gasteiger charge is -2.38. The Kier molecular flexibility index (Phi) is 6.05. The fourth-order valence-electron chi connectivity index (χ4n) is 3.44. The molecule has 0 aliphatic carbocycles. The van der Waals surface area contributed by atoms with E-state index in [0.717, 1.165) is 6.42 Å². The number of aromatic nitrogens is 2. The summed E-state index contributed by atoms with van der Waals surface area (Å²) in [6.07, 6.45) is 1.56. The molecule has 1 aliphatic heterocycles. The van der Waals surface area contributed by atoms with Gasteiger partial charge in [0.25, 0.3) is 6.43 Å². The SMILES string of the molecule is Cc1cc(NC(=O)C(=O)N2C[C@H](C)CC[C@H]2c2ccc(C(F)F)nc2)cnc1N. The zero-order chi connectivity index (χ0) is 21.1. The topological polar surface area (TPSA) is 101 Å². The van der Waals surface area contributed by atoms with Crippen LogP contribution in [0.3, 0.4) is 0 Å². The first-order chi connectivity index (χ1) is 13.8. The summed E-state index contributed by atoms with van der Waals surface area (Å²) >= 11 is 0. The zero-order valence-corrected chi connectivity index (χ0v) is 16.2. The largest absolute Gasteiger partial charge is 0.383 e. The number of likely N-dealkylation sites (tertiary alicyclic amines) is 1. The Morgan fingerprint density at radius 2 is 2.00 bits per heavy atom. The first-order valence-corrected chi connectivity index (χ1v) is 9.34. The van der Waals surface area contributed by atoms with Crippen molar-refractivity contribution in [2.45, 2.75) is 39.2 Å². The van der Waals surface area contributed by atoms with Crippen molar-refractivity contribution in [3.8, 4) is 0 Å². The van der Waals surface area contributed by atoms with Gasteiger partial charge >= 0.3 is 11.8 Å². The average molecular weight is 403 g/mol. The summed E-state index contributed by atoms with van der Waals surface area (Å²) in [6.45, 7) is 4.14. The number of rotatable bonds is 3. The number of nitrogens with one attached hydrogen (secondary N) is 1. The number of hydrogen-bond donors (Lipinski definition) is 2. The quantitative estimate of drug-likeness (QED) is 0.766. The lowest BCUT2D eigenvalue weighted by Crippen LogP contribution is -2.46. The van der Waals surface area contributed by atoms with Crippen LogP contribution in [0.4, 0.5) is 20.3 Å². The Hall–Kier alpha value is -3.10. The number of anilines is 2. The number of amides is 2. The van der Waals surface area contributed by atoms with Gasteiger partial charge in [-0.2, -0.15) is 0 Å².